The normalized spacial score (nSPS) is 16.2. The van der Waals surface area contributed by atoms with Crippen molar-refractivity contribution < 1.29 is 35.9 Å². The highest BCUT2D eigenvalue weighted by atomic mass is 32.2. The summed E-state index contributed by atoms with van der Waals surface area (Å²) in [5.41, 5.74) is 2.92. The van der Waals surface area contributed by atoms with E-state index in [0.29, 0.717) is 79.5 Å². The second kappa shape index (κ2) is 17.8. The molecule has 292 valence electrons. The van der Waals surface area contributed by atoms with Crippen molar-refractivity contribution in [3.05, 3.63) is 59.7 Å². The number of hydrogen-bond donors (Lipinski definition) is 2. The average Bonchev–Trinajstić information content (AvgIpc) is 3.83. The maximum absolute atomic E-state index is 12.9. The molecule has 0 atom stereocenters. The third kappa shape index (κ3) is 10.3. The fraction of sp³-hybridized carbons (Fsp3) is 0.500. The molecule has 4 aromatic rings. The summed E-state index contributed by atoms with van der Waals surface area (Å²) in [6.07, 6.45) is 7.82. The summed E-state index contributed by atoms with van der Waals surface area (Å²) in [6.45, 7) is 8.09. The Kier molecular flexibility index (Phi) is 13.7. The number of rotatable bonds is 12. The number of anilines is 2. The van der Waals surface area contributed by atoms with Crippen LogP contribution in [0.5, 0.6) is 0 Å². The van der Waals surface area contributed by atoms with Crippen molar-refractivity contribution in [2.24, 2.45) is 11.8 Å². The first kappa shape index (κ1) is 41.5. The zero-order valence-electron chi connectivity index (χ0n) is 30.7. The Balaban J connectivity index is 0.000000208. The van der Waals surface area contributed by atoms with Gasteiger partial charge in [-0.1, -0.05) is 6.07 Å². The standard InChI is InChI=1S/2C18H23N3O4S2/c1-18(2,27(23,24)12-13-5-9-25-10-6-13)16(22)21-17-20-15(11-26-17)14-3-7-19-8-4-14;1-18(2,27(23,24)12-13-6-9-25-10-7-13)16(22)21-17-20-15(11-26-17)14-5-3-4-8-19-14/h3-4,7-8,11,13H,5-6,9-10,12H2,1-2H3,(H,20,21,22);3-5,8,11,13H,6-7,9-10,12H2,1-2H3,(H,20,21,22). The van der Waals surface area contributed by atoms with E-state index in [9.17, 15) is 26.4 Å². The minimum absolute atomic E-state index is 0.00306. The van der Waals surface area contributed by atoms with Gasteiger partial charge in [0.1, 0.15) is 15.2 Å². The summed E-state index contributed by atoms with van der Waals surface area (Å²) < 4.78 is 58.9. The van der Waals surface area contributed by atoms with Crippen molar-refractivity contribution in [1.82, 2.24) is 19.9 Å². The highest BCUT2D eigenvalue weighted by molar-refractivity contribution is 7.93. The van der Waals surface area contributed by atoms with Gasteiger partial charge in [-0.3, -0.25) is 19.6 Å². The van der Waals surface area contributed by atoms with Crippen LogP contribution in [0.2, 0.25) is 0 Å². The van der Waals surface area contributed by atoms with E-state index in [4.69, 9.17) is 9.47 Å². The summed E-state index contributed by atoms with van der Waals surface area (Å²) in [6, 6.07) is 9.13. The zero-order chi connectivity index (χ0) is 39.0. The van der Waals surface area contributed by atoms with Crippen molar-refractivity contribution in [3.63, 3.8) is 0 Å². The lowest BCUT2D eigenvalue weighted by molar-refractivity contribution is -0.118. The molecule has 4 aromatic heterocycles. The second-order valence-electron chi connectivity index (χ2n) is 14.1. The van der Waals surface area contributed by atoms with Gasteiger partial charge in [0, 0.05) is 61.3 Å². The highest BCUT2D eigenvalue weighted by Gasteiger charge is 2.44. The van der Waals surface area contributed by atoms with E-state index in [1.807, 2.05) is 35.7 Å². The highest BCUT2D eigenvalue weighted by Crippen LogP contribution is 2.30. The van der Waals surface area contributed by atoms with Crippen molar-refractivity contribution in [2.45, 2.75) is 62.9 Å². The summed E-state index contributed by atoms with van der Waals surface area (Å²) in [5, 5.41) is 9.64. The summed E-state index contributed by atoms with van der Waals surface area (Å²) in [4.78, 5) is 42.3. The molecule has 2 amide bonds. The SMILES string of the molecule is CC(C)(C(=O)Nc1nc(-c2ccccn2)cs1)S(=O)(=O)CC1CCOCC1.CC(C)(C(=O)Nc1nc(-c2ccncc2)cs1)S(=O)(=O)CC1CCOCC1. The third-order valence-electron chi connectivity index (χ3n) is 9.59. The molecule has 2 saturated heterocycles. The number of carbonyl (C=O) groups excluding carboxylic acids is 2. The predicted octanol–water partition coefficient (Wildman–Crippen LogP) is 5.53. The van der Waals surface area contributed by atoms with Crippen LogP contribution in [0.3, 0.4) is 0 Å². The van der Waals surface area contributed by atoms with E-state index in [0.717, 1.165) is 5.56 Å². The number of nitrogens with zero attached hydrogens (tertiary/aromatic N) is 4. The van der Waals surface area contributed by atoms with Crippen LogP contribution in [0.4, 0.5) is 10.3 Å². The first-order valence-corrected chi connectivity index (χ1v) is 22.6. The maximum atomic E-state index is 12.9. The Labute approximate surface area is 324 Å². The Morgan fingerprint density at radius 3 is 1.61 bits per heavy atom. The van der Waals surface area contributed by atoms with Crippen LogP contribution in [0, 0.1) is 11.8 Å². The number of thiazole rings is 2. The lowest BCUT2D eigenvalue weighted by atomic mass is 10.0. The van der Waals surface area contributed by atoms with Gasteiger partial charge >= 0.3 is 0 Å². The monoisotopic (exact) mass is 818 g/mol. The Bertz CT molecular complexity index is 1930. The zero-order valence-corrected chi connectivity index (χ0v) is 34.0. The van der Waals surface area contributed by atoms with Gasteiger partial charge in [-0.25, -0.2) is 26.8 Å². The van der Waals surface area contributed by atoms with Crippen molar-refractivity contribution in [1.29, 1.82) is 0 Å². The van der Waals surface area contributed by atoms with Crippen molar-refractivity contribution in [2.75, 3.05) is 48.6 Å². The van der Waals surface area contributed by atoms with Crippen LogP contribution in [0.15, 0.2) is 59.7 Å². The van der Waals surface area contributed by atoms with E-state index in [1.54, 1.807) is 24.0 Å². The second-order valence-corrected chi connectivity index (χ2v) is 21.0. The fourth-order valence-corrected chi connectivity index (χ4v) is 10.4. The minimum atomic E-state index is -3.63. The Morgan fingerprint density at radius 2 is 1.15 bits per heavy atom. The Morgan fingerprint density at radius 1 is 0.685 bits per heavy atom. The van der Waals surface area contributed by atoms with E-state index < -0.39 is 41.0 Å². The van der Waals surface area contributed by atoms with Crippen LogP contribution >= 0.6 is 22.7 Å². The van der Waals surface area contributed by atoms with Gasteiger partial charge in [0.05, 0.1) is 22.9 Å². The number of nitrogens with one attached hydrogen (secondary N) is 2. The fourth-order valence-electron chi connectivity index (χ4n) is 5.59. The van der Waals surface area contributed by atoms with E-state index in [2.05, 4.69) is 30.6 Å². The van der Waals surface area contributed by atoms with Crippen molar-refractivity contribution in [3.8, 4) is 22.6 Å². The summed E-state index contributed by atoms with van der Waals surface area (Å²) >= 11 is 2.50. The minimum Gasteiger partial charge on any atom is -0.381 e. The topological polar surface area (TPSA) is 196 Å². The number of ether oxygens (including phenoxy) is 2. The first-order chi connectivity index (χ1) is 25.6. The molecule has 0 unspecified atom stereocenters. The quantitative estimate of drug-likeness (QED) is 0.182. The molecule has 0 radical (unpaired) electrons. The number of amides is 2. The maximum Gasteiger partial charge on any atom is 0.247 e. The molecule has 54 heavy (non-hydrogen) atoms. The first-order valence-electron chi connectivity index (χ1n) is 17.5. The summed E-state index contributed by atoms with van der Waals surface area (Å²) in [5.74, 6) is -1.08. The molecule has 0 aromatic carbocycles. The smallest absolute Gasteiger partial charge is 0.247 e. The average molecular weight is 819 g/mol. The number of aromatic nitrogens is 4. The molecule has 0 aliphatic carbocycles. The van der Waals surface area contributed by atoms with Gasteiger partial charge in [-0.15, -0.1) is 22.7 Å². The lowest BCUT2D eigenvalue weighted by Crippen LogP contribution is -2.47. The van der Waals surface area contributed by atoms with Crippen LogP contribution < -0.4 is 10.6 Å². The lowest BCUT2D eigenvalue weighted by Gasteiger charge is -2.28. The molecular weight excluding hydrogens is 773 g/mol. The van der Waals surface area contributed by atoms with Gasteiger partial charge < -0.3 is 20.1 Å². The molecule has 18 heteroatoms. The Hall–Kier alpha value is -3.68. The van der Waals surface area contributed by atoms with Gasteiger partial charge in [0.2, 0.25) is 11.8 Å². The largest absolute Gasteiger partial charge is 0.381 e. The van der Waals surface area contributed by atoms with Gasteiger partial charge in [-0.2, -0.15) is 0 Å². The molecule has 2 aliphatic heterocycles. The molecule has 14 nitrogen and oxygen atoms in total. The molecule has 6 rings (SSSR count). The summed E-state index contributed by atoms with van der Waals surface area (Å²) in [7, 11) is -7.25. The van der Waals surface area contributed by atoms with E-state index >= 15 is 0 Å². The van der Waals surface area contributed by atoms with Gasteiger partial charge in [-0.05, 0) is 89.5 Å². The number of pyridine rings is 2. The van der Waals surface area contributed by atoms with E-state index in [1.165, 1.54) is 50.4 Å². The third-order valence-corrected chi connectivity index (χ3v) is 16.4. The molecule has 2 N–H and O–H groups in total. The van der Waals surface area contributed by atoms with Gasteiger partial charge in [0.25, 0.3) is 0 Å². The van der Waals surface area contributed by atoms with Crippen molar-refractivity contribution >= 4 is 64.4 Å². The predicted molar refractivity (Wildman–Crippen MR) is 211 cm³/mol. The van der Waals surface area contributed by atoms with Crippen LogP contribution in [-0.4, -0.2) is 96.0 Å². The molecule has 0 bridgehead atoms. The molecule has 6 heterocycles. The number of carbonyl (C=O) groups is 2. The molecule has 2 aliphatic rings. The molecule has 2 fully saturated rings. The van der Waals surface area contributed by atoms with Crippen LogP contribution in [0.1, 0.15) is 53.4 Å². The van der Waals surface area contributed by atoms with Crippen LogP contribution in [-0.2, 0) is 38.7 Å². The van der Waals surface area contributed by atoms with Crippen LogP contribution in [0.25, 0.3) is 22.6 Å². The van der Waals surface area contributed by atoms with Gasteiger partial charge in [0.15, 0.2) is 29.9 Å². The molecule has 0 saturated carbocycles. The number of hydrogen-bond acceptors (Lipinski definition) is 14. The molecular formula is C36H46N6O8S4. The molecule has 0 spiro atoms. The number of sulfone groups is 2. The van der Waals surface area contributed by atoms with E-state index in [-0.39, 0.29) is 23.3 Å².